The molecule has 11 heavy (non-hydrogen) atoms. The summed E-state index contributed by atoms with van der Waals surface area (Å²) in [6.45, 7) is 0.467. The van der Waals surface area contributed by atoms with E-state index in [2.05, 4.69) is 26.2 Å². The van der Waals surface area contributed by atoms with E-state index in [0.29, 0.717) is 17.7 Å². The molecule has 1 aliphatic heterocycles. The second kappa shape index (κ2) is 2.53. The average molecular weight is 235 g/mol. The zero-order valence-electron chi connectivity index (χ0n) is 5.40. The number of ether oxygens (including phenoxy) is 1. The second-order valence-corrected chi connectivity index (χ2v) is 3.29. The molecule has 0 saturated carbocycles. The lowest BCUT2D eigenvalue weighted by atomic mass is 10.4. The molecule has 0 aromatic carbocycles. The molecule has 0 bridgehead atoms. The Bertz CT molecular complexity index is 276. The Morgan fingerprint density at radius 2 is 2.55 bits per heavy atom. The van der Waals surface area contributed by atoms with Crippen LogP contribution in [0.5, 0.6) is 5.75 Å². The molecule has 2 heterocycles. The molecule has 0 aliphatic carbocycles. The van der Waals surface area contributed by atoms with Crippen LogP contribution in [0.25, 0.3) is 0 Å². The van der Waals surface area contributed by atoms with E-state index in [9.17, 15) is 0 Å². The molecule has 3 nitrogen and oxygen atoms in total. The van der Waals surface area contributed by atoms with Crippen LogP contribution in [0, 0.1) is 0 Å². The molecule has 0 atom stereocenters. The lowest BCUT2D eigenvalue weighted by Gasteiger charge is -1.98. The molecule has 1 N–H and O–H groups in total. The van der Waals surface area contributed by atoms with Gasteiger partial charge >= 0.3 is 0 Å². The van der Waals surface area contributed by atoms with Crippen LogP contribution in [0.3, 0.4) is 0 Å². The number of halogens is 2. The van der Waals surface area contributed by atoms with Crippen LogP contribution in [0.4, 0.5) is 5.82 Å². The predicted octanol–water partition coefficient (Wildman–Crippen LogP) is 2.26. The second-order valence-electron chi connectivity index (χ2n) is 2.07. The summed E-state index contributed by atoms with van der Waals surface area (Å²) in [6, 6.07) is 1.80. The Hall–Kier alpha value is -0.480. The highest BCUT2D eigenvalue weighted by Gasteiger charge is 2.14. The lowest BCUT2D eigenvalue weighted by molar-refractivity contribution is 0.372. The molecule has 58 valence electrons. The summed E-state index contributed by atoms with van der Waals surface area (Å²) in [4.78, 5) is 4.04. The number of fused-ring (bicyclic) bond motifs is 1. The van der Waals surface area contributed by atoms with Crippen molar-refractivity contribution in [1.29, 1.82) is 0 Å². The maximum atomic E-state index is 5.74. The molecule has 0 saturated heterocycles. The van der Waals surface area contributed by atoms with Crippen LogP contribution in [0.1, 0.15) is 0 Å². The first kappa shape index (κ1) is 7.18. The van der Waals surface area contributed by atoms with Crippen molar-refractivity contribution < 1.29 is 4.74 Å². The Morgan fingerprint density at radius 1 is 1.73 bits per heavy atom. The number of pyridine rings is 1. The largest absolute Gasteiger partial charge is 0.469 e. The highest BCUT2D eigenvalue weighted by atomic mass is 79.9. The van der Waals surface area contributed by atoms with E-state index in [1.165, 1.54) is 0 Å². The third kappa shape index (κ3) is 1.16. The molecular weight excluding hydrogens is 231 g/mol. The van der Waals surface area contributed by atoms with Gasteiger partial charge in [-0.1, -0.05) is 11.6 Å². The van der Waals surface area contributed by atoms with Gasteiger partial charge in [-0.15, -0.1) is 0 Å². The molecule has 1 aromatic heterocycles. The SMILES string of the molecule is Clc1nc2c(cc1Br)OCN2. The van der Waals surface area contributed by atoms with Gasteiger partial charge in [0.25, 0.3) is 0 Å². The van der Waals surface area contributed by atoms with Gasteiger partial charge in [0.15, 0.2) is 18.3 Å². The number of hydrogen-bond acceptors (Lipinski definition) is 3. The standard InChI is InChI=1S/C6H4BrClN2O/c7-3-1-4-6(9-2-11-4)10-5(3)8/h1H,2H2,(H,9,10). The Balaban J connectivity index is 2.57. The molecule has 2 rings (SSSR count). The van der Waals surface area contributed by atoms with Crippen molar-refractivity contribution in [3.8, 4) is 5.75 Å². The van der Waals surface area contributed by atoms with Crippen LogP contribution in [-0.4, -0.2) is 11.7 Å². The van der Waals surface area contributed by atoms with E-state index >= 15 is 0 Å². The number of aromatic nitrogens is 1. The smallest absolute Gasteiger partial charge is 0.173 e. The minimum Gasteiger partial charge on any atom is -0.469 e. The van der Waals surface area contributed by atoms with Crippen molar-refractivity contribution in [1.82, 2.24) is 4.98 Å². The van der Waals surface area contributed by atoms with Gasteiger partial charge in [0, 0.05) is 6.07 Å². The van der Waals surface area contributed by atoms with Crippen LogP contribution < -0.4 is 10.1 Å². The molecule has 5 heteroatoms. The minimum atomic E-state index is 0.446. The van der Waals surface area contributed by atoms with Crippen molar-refractivity contribution in [2.24, 2.45) is 0 Å². The van der Waals surface area contributed by atoms with Gasteiger partial charge in [0.2, 0.25) is 0 Å². The van der Waals surface area contributed by atoms with Crippen LogP contribution >= 0.6 is 27.5 Å². The summed E-state index contributed by atoms with van der Waals surface area (Å²) in [5.41, 5.74) is 0. The Morgan fingerprint density at radius 3 is 3.36 bits per heavy atom. The normalized spacial score (nSPS) is 13.6. The van der Waals surface area contributed by atoms with Crippen molar-refractivity contribution in [3.63, 3.8) is 0 Å². The number of anilines is 1. The maximum Gasteiger partial charge on any atom is 0.173 e. The maximum absolute atomic E-state index is 5.74. The molecular formula is C6H4BrClN2O. The average Bonchev–Trinajstić information content (AvgIpc) is 2.36. The molecule has 1 aromatic rings. The summed E-state index contributed by atoms with van der Waals surface area (Å²) in [6.07, 6.45) is 0. The molecule has 0 spiro atoms. The third-order valence-corrected chi connectivity index (χ3v) is 2.49. The van der Waals surface area contributed by atoms with E-state index in [1.54, 1.807) is 6.07 Å². The monoisotopic (exact) mass is 234 g/mol. The first-order valence-electron chi connectivity index (χ1n) is 3.00. The van der Waals surface area contributed by atoms with E-state index in [1.807, 2.05) is 0 Å². The minimum absolute atomic E-state index is 0.446. The van der Waals surface area contributed by atoms with E-state index < -0.39 is 0 Å². The number of nitrogens with zero attached hydrogens (tertiary/aromatic N) is 1. The lowest BCUT2D eigenvalue weighted by Crippen LogP contribution is -1.97. The van der Waals surface area contributed by atoms with Crippen LogP contribution in [0.2, 0.25) is 5.15 Å². The van der Waals surface area contributed by atoms with Gasteiger partial charge in [0.1, 0.15) is 5.15 Å². The summed E-state index contributed by atoms with van der Waals surface area (Å²) in [7, 11) is 0. The number of nitrogens with one attached hydrogen (secondary N) is 1. The highest BCUT2D eigenvalue weighted by Crippen LogP contribution is 2.33. The van der Waals surface area contributed by atoms with Gasteiger partial charge in [-0.2, -0.15) is 0 Å². The van der Waals surface area contributed by atoms with E-state index in [-0.39, 0.29) is 0 Å². The van der Waals surface area contributed by atoms with Gasteiger partial charge < -0.3 is 10.1 Å². The zero-order valence-corrected chi connectivity index (χ0v) is 7.74. The summed E-state index contributed by atoms with van der Waals surface area (Å²) in [5.74, 6) is 1.44. The van der Waals surface area contributed by atoms with Crippen molar-refractivity contribution >= 4 is 33.3 Å². The fraction of sp³-hybridized carbons (Fsp3) is 0.167. The van der Waals surface area contributed by atoms with E-state index in [0.717, 1.165) is 10.2 Å². The molecule has 1 aliphatic rings. The predicted molar refractivity (Wildman–Crippen MR) is 46.1 cm³/mol. The van der Waals surface area contributed by atoms with Crippen molar-refractivity contribution in [3.05, 3.63) is 15.7 Å². The summed E-state index contributed by atoms with van der Waals surface area (Å²) in [5, 5.41) is 3.38. The fourth-order valence-electron chi connectivity index (χ4n) is 0.869. The summed E-state index contributed by atoms with van der Waals surface area (Å²) >= 11 is 8.99. The first-order chi connectivity index (χ1) is 5.27. The van der Waals surface area contributed by atoms with Crippen LogP contribution in [0.15, 0.2) is 10.5 Å². The van der Waals surface area contributed by atoms with Gasteiger partial charge in [-0.3, -0.25) is 0 Å². The topological polar surface area (TPSA) is 34.1 Å². The quantitative estimate of drug-likeness (QED) is 0.701. The van der Waals surface area contributed by atoms with Gasteiger partial charge in [-0.05, 0) is 15.9 Å². The first-order valence-corrected chi connectivity index (χ1v) is 4.17. The van der Waals surface area contributed by atoms with E-state index in [4.69, 9.17) is 16.3 Å². The zero-order chi connectivity index (χ0) is 7.84. The van der Waals surface area contributed by atoms with Gasteiger partial charge in [0.05, 0.1) is 4.47 Å². The van der Waals surface area contributed by atoms with Crippen molar-refractivity contribution in [2.45, 2.75) is 0 Å². The molecule has 0 amide bonds. The summed E-state index contributed by atoms with van der Waals surface area (Å²) < 4.78 is 5.92. The third-order valence-electron chi connectivity index (χ3n) is 1.37. The molecule has 0 unspecified atom stereocenters. The number of hydrogen-bond donors (Lipinski definition) is 1. The molecule has 0 radical (unpaired) electrons. The molecule has 0 fully saturated rings. The fourth-order valence-corrected chi connectivity index (χ4v) is 1.30. The Kier molecular flexibility index (Phi) is 1.65. The van der Waals surface area contributed by atoms with Crippen molar-refractivity contribution in [2.75, 3.05) is 12.0 Å². The Labute approximate surface area is 76.8 Å². The number of rotatable bonds is 0. The van der Waals surface area contributed by atoms with Gasteiger partial charge in [-0.25, -0.2) is 4.98 Å². The highest BCUT2D eigenvalue weighted by molar-refractivity contribution is 9.10. The van der Waals surface area contributed by atoms with Crippen LogP contribution in [-0.2, 0) is 0 Å².